The maximum Gasteiger partial charge on any atom is 0.222 e. The van der Waals surface area contributed by atoms with Gasteiger partial charge in [-0.25, -0.2) is 0 Å². The number of hydrogen-bond acceptors (Lipinski definition) is 3. The van der Waals surface area contributed by atoms with Gasteiger partial charge in [0, 0.05) is 25.6 Å². The minimum absolute atomic E-state index is 0.231. The van der Waals surface area contributed by atoms with Crippen LogP contribution in [0.5, 0.6) is 5.75 Å². The standard InChI is InChI=1S/C17H26N2O2/c1-2-14-6-3-4-7-16(14)21-13-5-8-17(20)19-11-9-15(18)10-12-19/h3-4,6-7,15H,2,5,8-13,18H2,1H3. The van der Waals surface area contributed by atoms with E-state index in [9.17, 15) is 4.79 Å². The lowest BCUT2D eigenvalue weighted by Gasteiger charge is -2.30. The van der Waals surface area contributed by atoms with Crippen LogP contribution in [0.15, 0.2) is 24.3 Å². The number of likely N-dealkylation sites (tertiary alicyclic amines) is 1. The highest BCUT2D eigenvalue weighted by Crippen LogP contribution is 2.18. The molecule has 0 radical (unpaired) electrons. The largest absolute Gasteiger partial charge is 0.493 e. The summed E-state index contributed by atoms with van der Waals surface area (Å²) in [6.45, 7) is 4.32. The number of nitrogens with zero attached hydrogens (tertiary/aromatic N) is 1. The smallest absolute Gasteiger partial charge is 0.222 e. The van der Waals surface area contributed by atoms with Gasteiger partial charge in [-0.1, -0.05) is 25.1 Å². The zero-order valence-electron chi connectivity index (χ0n) is 12.9. The third-order valence-electron chi connectivity index (χ3n) is 4.04. The number of hydrogen-bond donors (Lipinski definition) is 1. The first-order valence-corrected chi connectivity index (χ1v) is 7.94. The van der Waals surface area contributed by atoms with Crippen molar-refractivity contribution in [1.82, 2.24) is 4.90 Å². The van der Waals surface area contributed by atoms with Crippen LogP contribution in [0.25, 0.3) is 0 Å². The van der Waals surface area contributed by atoms with Crippen molar-refractivity contribution in [2.24, 2.45) is 5.73 Å². The maximum absolute atomic E-state index is 12.1. The van der Waals surface area contributed by atoms with Crippen molar-refractivity contribution in [3.63, 3.8) is 0 Å². The average Bonchev–Trinajstić information content (AvgIpc) is 2.52. The van der Waals surface area contributed by atoms with Crippen molar-refractivity contribution in [2.75, 3.05) is 19.7 Å². The van der Waals surface area contributed by atoms with Crippen LogP contribution < -0.4 is 10.5 Å². The number of aryl methyl sites for hydroxylation is 1. The van der Waals surface area contributed by atoms with E-state index < -0.39 is 0 Å². The third-order valence-corrected chi connectivity index (χ3v) is 4.04. The van der Waals surface area contributed by atoms with Gasteiger partial charge in [-0.15, -0.1) is 0 Å². The summed E-state index contributed by atoms with van der Waals surface area (Å²) in [6, 6.07) is 8.35. The van der Waals surface area contributed by atoms with E-state index in [1.807, 2.05) is 23.1 Å². The minimum atomic E-state index is 0.231. The Labute approximate surface area is 127 Å². The van der Waals surface area contributed by atoms with Crippen LogP contribution in [-0.4, -0.2) is 36.5 Å². The minimum Gasteiger partial charge on any atom is -0.493 e. The van der Waals surface area contributed by atoms with Gasteiger partial charge in [0.05, 0.1) is 6.61 Å². The number of piperidine rings is 1. The van der Waals surface area contributed by atoms with E-state index in [1.165, 1.54) is 5.56 Å². The molecule has 1 amide bonds. The molecule has 0 spiro atoms. The van der Waals surface area contributed by atoms with Crippen molar-refractivity contribution in [2.45, 2.75) is 45.1 Å². The molecule has 0 saturated carbocycles. The van der Waals surface area contributed by atoms with Gasteiger partial charge in [0.25, 0.3) is 0 Å². The molecule has 1 aromatic carbocycles. The highest BCUT2D eigenvalue weighted by molar-refractivity contribution is 5.76. The molecule has 1 fully saturated rings. The van der Waals surface area contributed by atoms with E-state index in [0.29, 0.717) is 13.0 Å². The Morgan fingerprint density at radius 1 is 1.33 bits per heavy atom. The quantitative estimate of drug-likeness (QED) is 0.818. The highest BCUT2D eigenvalue weighted by atomic mass is 16.5. The van der Waals surface area contributed by atoms with Crippen molar-refractivity contribution in [3.8, 4) is 5.75 Å². The zero-order chi connectivity index (χ0) is 15.1. The summed E-state index contributed by atoms with van der Waals surface area (Å²) < 4.78 is 5.79. The molecule has 116 valence electrons. The fraction of sp³-hybridized carbons (Fsp3) is 0.588. The maximum atomic E-state index is 12.1. The molecule has 0 aliphatic carbocycles. The first kappa shape index (κ1) is 15.8. The number of ether oxygens (including phenoxy) is 1. The van der Waals surface area contributed by atoms with E-state index in [1.54, 1.807) is 0 Å². The van der Waals surface area contributed by atoms with Crippen LogP contribution >= 0.6 is 0 Å². The van der Waals surface area contributed by atoms with Crippen LogP contribution in [0.2, 0.25) is 0 Å². The van der Waals surface area contributed by atoms with E-state index in [2.05, 4.69) is 13.0 Å². The molecule has 1 aliphatic rings. The highest BCUT2D eigenvalue weighted by Gasteiger charge is 2.19. The molecular weight excluding hydrogens is 264 g/mol. The predicted molar refractivity (Wildman–Crippen MR) is 84.3 cm³/mol. The Hall–Kier alpha value is -1.55. The molecular formula is C17H26N2O2. The summed E-state index contributed by atoms with van der Waals surface area (Å²) in [5.41, 5.74) is 7.07. The normalized spacial score (nSPS) is 16.0. The second-order valence-corrected chi connectivity index (χ2v) is 5.63. The summed E-state index contributed by atoms with van der Waals surface area (Å²) in [4.78, 5) is 14.0. The van der Waals surface area contributed by atoms with Gasteiger partial charge >= 0.3 is 0 Å². The monoisotopic (exact) mass is 290 g/mol. The van der Waals surface area contributed by atoms with Crippen LogP contribution in [0.4, 0.5) is 0 Å². The fourth-order valence-electron chi connectivity index (χ4n) is 2.65. The second-order valence-electron chi connectivity index (χ2n) is 5.63. The lowest BCUT2D eigenvalue weighted by molar-refractivity contribution is -0.132. The van der Waals surface area contributed by atoms with Gasteiger partial charge in [-0.05, 0) is 37.3 Å². The molecule has 1 aromatic rings. The van der Waals surface area contributed by atoms with Crippen molar-refractivity contribution in [3.05, 3.63) is 29.8 Å². The van der Waals surface area contributed by atoms with Crippen molar-refractivity contribution in [1.29, 1.82) is 0 Å². The lowest BCUT2D eigenvalue weighted by Crippen LogP contribution is -2.42. The molecule has 4 heteroatoms. The first-order chi connectivity index (χ1) is 10.2. The van der Waals surface area contributed by atoms with Gasteiger partial charge in [-0.2, -0.15) is 0 Å². The van der Waals surface area contributed by atoms with Gasteiger partial charge in [-0.3, -0.25) is 4.79 Å². The average molecular weight is 290 g/mol. The van der Waals surface area contributed by atoms with Crippen LogP contribution in [-0.2, 0) is 11.2 Å². The predicted octanol–water partition coefficient (Wildman–Crippen LogP) is 2.36. The third kappa shape index (κ3) is 4.74. The summed E-state index contributed by atoms with van der Waals surface area (Å²) in [6.07, 6.45) is 4.13. The molecule has 1 heterocycles. The lowest BCUT2D eigenvalue weighted by atomic mass is 10.1. The molecule has 0 unspecified atom stereocenters. The topological polar surface area (TPSA) is 55.6 Å². The summed E-state index contributed by atoms with van der Waals surface area (Å²) in [7, 11) is 0. The Kier molecular flexibility index (Phi) is 6.05. The number of carbonyl (C=O) groups is 1. The van der Waals surface area contributed by atoms with Gasteiger partial charge in [0.1, 0.15) is 5.75 Å². The Bertz CT molecular complexity index is 454. The summed E-state index contributed by atoms with van der Waals surface area (Å²) in [5, 5.41) is 0. The van der Waals surface area contributed by atoms with Crippen LogP contribution in [0.3, 0.4) is 0 Å². The molecule has 1 aliphatic heterocycles. The summed E-state index contributed by atoms with van der Waals surface area (Å²) in [5.74, 6) is 1.17. The number of para-hydroxylation sites is 1. The molecule has 0 bridgehead atoms. The van der Waals surface area contributed by atoms with Crippen LogP contribution in [0.1, 0.15) is 38.2 Å². The number of amides is 1. The first-order valence-electron chi connectivity index (χ1n) is 7.94. The molecule has 2 N–H and O–H groups in total. The van der Waals surface area contributed by atoms with Gasteiger partial charge in [0.15, 0.2) is 0 Å². The Balaban J connectivity index is 1.68. The van der Waals surface area contributed by atoms with E-state index in [-0.39, 0.29) is 11.9 Å². The molecule has 2 rings (SSSR count). The number of nitrogens with two attached hydrogens (primary N) is 1. The molecule has 21 heavy (non-hydrogen) atoms. The molecule has 0 atom stereocenters. The van der Waals surface area contributed by atoms with E-state index in [0.717, 1.165) is 44.5 Å². The van der Waals surface area contributed by atoms with Gasteiger partial charge in [0.2, 0.25) is 5.91 Å². The van der Waals surface area contributed by atoms with E-state index >= 15 is 0 Å². The van der Waals surface area contributed by atoms with Crippen molar-refractivity contribution >= 4 is 5.91 Å². The zero-order valence-corrected chi connectivity index (χ0v) is 12.9. The fourth-order valence-corrected chi connectivity index (χ4v) is 2.65. The number of carbonyl (C=O) groups excluding carboxylic acids is 1. The number of rotatable bonds is 6. The number of benzene rings is 1. The molecule has 1 saturated heterocycles. The van der Waals surface area contributed by atoms with Crippen LogP contribution in [0, 0.1) is 0 Å². The second kappa shape index (κ2) is 8.03. The Morgan fingerprint density at radius 3 is 2.76 bits per heavy atom. The van der Waals surface area contributed by atoms with Gasteiger partial charge < -0.3 is 15.4 Å². The van der Waals surface area contributed by atoms with Crippen molar-refractivity contribution < 1.29 is 9.53 Å². The summed E-state index contributed by atoms with van der Waals surface area (Å²) >= 11 is 0. The molecule has 4 nitrogen and oxygen atoms in total. The molecule has 0 aromatic heterocycles. The Morgan fingerprint density at radius 2 is 2.05 bits per heavy atom. The SMILES string of the molecule is CCc1ccccc1OCCCC(=O)N1CCC(N)CC1. The van der Waals surface area contributed by atoms with E-state index in [4.69, 9.17) is 10.5 Å².